The number of halogens is 3. The fourth-order valence-corrected chi connectivity index (χ4v) is 0.924. The van der Waals surface area contributed by atoms with Crippen LogP contribution in [-0.2, 0) is 0 Å². The first-order valence-corrected chi connectivity index (χ1v) is 4.22. The van der Waals surface area contributed by atoms with E-state index >= 15 is 0 Å². The summed E-state index contributed by atoms with van der Waals surface area (Å²) < 4.78 is 36.1. The second-order valence-electron chi connectivity index (χ2n) is 3.06. The van der Waals surface area contributed by atoms with Gasteiger partial charge in [-0.1, -0.05) is 0 Å². The maximum absolute atomic E-state index is 12.0. The molecular formula is C9H9F3N4. The third kappa shape index (κ3) is 3.04. The summed E-state index contributed by atoms with van der Waals surface area (Å²) in [4.78, 5) is 7.49. The van der Waals surface area contributed by atoms with Gasteiger partial charge in [-0.05, 0) is 19.1 Å². The lowest BCUT2D eigenvalue weighted by Crippen LogP contribution is -2.20. The van der Waals surface area contributed by atoms with Crippen LogP contribution < -0.4 is 5.73 Å². The molecular weight excluding hydrogens is 221 g/mol. The fraction of sp³-hybridized carbons (Fsp3) is 0.222. The number of hydrogen-bond donors (Lipinski definition) is 2. The molecule has 0 unspecified atom stereocenters. The highest BCUT2D eigenvalue weighted by Gasteiger charge is 2.32. The largest absolute Gasteiger partial charge is 0.432 e. The van der Waals surface area contributed by atoms with Crippen LogP contribution in [0.3, 0.4) is 0 Å². The highest BCUT2D eigenvalue weighted by Crippen LogP contribution is 2.18. The molecule has 0 aliphatic heterocycles. The first-order valence-electron chi connectivity index (χ1n) is 4.22. The quantitative estimate of drug-likeness (QED) is 0.758. The van der Waals surface area contributed by atoms with E-state index in [0.29, 0.717) is 11.8 Å². The average molecular weight is 230 g/mol. The summed E-state index contributed by atoms with van der Waals surface area (Å²) in [6.45, 7) is 1.66. The lowest BCUT2D eigenvalue weighted by atomic mass is 10.2. The number of hydrogen-bond acceptors (Lipinski definition) is 4. The minimum Gasteiger partial charge on any atom is -0.397 e. The first-order chi connectivity index (χ1) is 7.30. The summed E-state index contributed by atoms with van der Waals surface area (Å²) in [6, 6.07) is 1.44. The van der Waals surface area contributed by atoms with Crippen LogP contribution in [0.15, 0.2) is 18.5 Å². The van der Waals surface area contributed by atoms with Gasteiger partial charge in [0.15, 0.2) is 0 Å². The summed E-state index contributed by atoms with van der Waals surface area (Å²) in [7, 11) is 0. The minimum absolute atomic E-state index is 0.168. The van der Waals surface area contributed by atoms with Crippen LogP contribution in [-0.4, -0.2) is 21.9 Å². The van der Waals surface area contributed by atoms with E-state index in [2.05, 4.69) is 9.97 Å². The number of aryl methyl sites for hydroxylation is 1. The van der Waals surface area contributed by atoms with E-state index in [4.69, 9.17) is 11.1 Å². The molecule has 0 fully saturated rings. The number of allylic oxidation sites excluding steroid dienone is 1. The number of nitrogens with two attached hydrogens (primary N) is 1. The molecule has 1 aromatic heterocycles. The van der Waals surface area contributed by atoms with Crippen LogP contribution in [0.2, 0.25) is 0 Å². The van der Waals surface area contributed by atoms with Gasteiger partial charge in [-0.15, -0.1) is 0 Å². The van der Waals surface area contributed by atoms with Crippen molar-refractivity contribution in [3.8, 4) is 0 Å². The molecule has 0 aliphatic rings. The van der Waals surface area contributed by atoms with Crippen molar-refractivity contribution in [3.05, 3.63) is 29.9 Å². The van der Waals surface area contributed by atoms with Gasteiger partial charge in [0.1, 0.15) is 12.0 Å². The third-order valence-corrected chi connectivity index (χ3v) is 1.70. The molecule has 0 bridgehead atoms. The highest BCUT2D eigenvalue weighted by molar-refractivity contribution is 6.01. The van der Waals surface area contributed by atoms with Gasteiger partial charge in [-0.3, -0.25) is 5.41 Å². The Bertz CT molecular complexity index is 437. The van der Waals surface area contributed by atoms with E-state index in [0.717, 1.165) is 0 Å². The summed E-state index contributed by atoms with van der Waals surface area (Å²) in [5.74, 6) is 0. The predicted octanol–water partition coefficient (Wildman–Crippen LogP) is 1.67. The van der Waals surface area contributed by atoms with Gasteiger partial charge in [-0.25, -0.2) is 9.97 Å². The molecule has 0 saturated heterocycles. The van der Waals surface area contributed by atoms with Crippen molar-refractivity contribution in [1.82, 2.24) is 9.97 Å². The van der Waals surface area contributed by atoms with Crippen molar-refractivity contribution in [3.63, 3.8) is 0 Å². The van der Waals surface area contributed by atoms with Crippen molar-refractivity contribution in [2.45, 2.75) is 13.1 Å². The van der Waals surface area contributed by atoms with Crippen molar-refractivity contribution >= 4 is 11.4 Å². The monoisotopic (exact) mass is 230 g/mol. The topological polar surface area (TPSA) is 75.7 Å². The third-order valence-electron chi connectivity index (χ3n) is 1.70. The maximum atomic E-state index is 12.0. The average Bonchev–Trinajstić information content (AvgIpc) is 2.16. The van der Waals surface area contributed by atoms with Crippen LogP contribution in [0.1, 0.15) is 11.4 Å². The molecule has 0 aliphatic carbocycles. The summed E-state index contributed by atoms with van der Waals surface area (Å²) in [5.41, 5.74) is 4.42. The van der Waals surface area contributed by atoms with Gasteiger partial charge in [0.05, 0.1) is 11.4 Å². The Morgan fingerprint density at radius 2 is 2.06 bits per heavy atom. The second-order valence-corrected chi connectivity index (χ2v) is 3.06. The van der Waals surface area contributed by atoms with Gasteiger partial charge >= 0.3 is 6.18 Å². The van der Waals surface area contributed by atoms with Crippen molar-refractivity contribution < 1.29 is 13.2 Å². The first kappa shape index (κ1) is 12.2. The van der Waals surface area contributed by atoms with E-state index in [1.165, 1.54) is 12.4 Å². The van der Waals surface area contributed by atoms with Gasteiger partial charge in [0.2, 0.25) is 0 Å². The Labute approximate surface area is 89.5 Å². The van der Waals surface area contributed by atoms with Crippen molar-refractivity contribution in [2.24, 2.45) is 5.73 Å². The van der Waals surface area contributed by atoms with Crippen LogP contribution >= 0.6 is 0 Å². The molecule has 16 heavy (non-hydrogen) atoms. The molecule has 3 N–H and O–H groups in total. The number of alkyl halides is 3. The van der Waals surface area contributed by atoms with Gasteiger partial charge in [0, 0.05) is 5.69 Å². The molecule has 0 aromatic carbocycles. The molecule has 1 rings (SSSR count). The van der Waals surface area contributed by atoms with Gasteiger partial charge < -0.3 is 5.73 Å². The molecule has 0 saturated carbocycles. The Morgan fingerprint density at radius 3 is 2.56 bits per heavy atom. The Balaban J connectivity index is 2.99. The van der Waals surface area contributed by atoms with E-state index < -0.39 is 11.9 Å². The second kappa shape index (κ2) is 4.30. The molecule has 0 spiro atoms. The zero-order chi connectivity index (χ0) is 12.3. The minimum atomic E-state index is -4.70. The van der Waals surface area contributed by atoms with Gasteiger partial charge in [0.25, 0.3) is 0 Å². The molecule has 0 radical (unpaired) electrons. The van der Waals surface area contributed by atoms with E-state index in [1.54, 1.807) is 6.92 Å². The van der Waals surface area contributed by atoms with E-state index in [-0.39, 0.29) is 11.4 Å². The molecule has 1 aromatic rings. The Morgan fingerprint density at radius 1 is 1.44 bits per heavy atom. The van der Waals surface area contributed by atoms with Gasteiger partial charge in [-0.2, -0.15) is 13.2 Å². The Hall–Kier alpha value is -1.92. The normalized spacial score (nSPS) is 12.6. The van der Waals surface area contributed by atoms with E-state index in [1.807, 2.05) is 0 Å². The van der Waals surface area contributed by atoms with Crippen LogP contribution in [0.25, 0.3) is 5.70 Å². The lowest BCUT2D eigenvalue weighted by molar-refractivity contribution is -0.0583. The summed E-state index contributed by atoms with van der Waals surface area (Å²) >= 11 is 0. The van der Waals surface area contributed by atoms with Crippen LogP contribution in [0, 0.1) is 12.3 Å². The smallest absolute Gasteiger partial charge is 0.397 e. The fourth-order valence-electron chi connectivity index (χ4n) is 0.924. The zero-order valence-corrected chi connectivity index (χ0v) is 8.34. The maximum Gasteiger partial charge on any atom is 0.432 e. The molecule has 4 nitrogen and oxygen atoms in total. The number of nitrogens with zero attached hydrogens (tertiary/aromatic N) is 2. The van der Waals surface area contributed by atoms with Crippen molar-refractivity contribution in [1.29, 1.82) is 5.41 Å². The Kier molecular flexibility index (Phi) is 3.26. The molecule has 0 atom stereocenters. The van der Waals surface area contributed by atoms with Crippen LogP contribution in [0.5, 0.6) is 0 Å². The number of aromatic nitrogens is 2. The zero-order valence-electron chi connectivity index (χ0n) is 8.34. The van der Waals surface area contributed by atoms with E-state index in [9.17, 15) is 13.2 Å². The molecule has 7 heteroatoms. The predicted molar refractivity (Wildman–Crippen MR) is 52.7 cm³/mol. The summed E-state index contributed by atoms with van der Waals surface area (Å²) in [5, 5.41) is 6.75. The number of rotatable bonds is 2. The molecule has 1 heterocycles. The lowest BCUT2D eigenvalue weighted by Gasteiger charge is -2.05. The summed E-state index contributed by atoms with van der Waals surface area (Å²) in [6.07, 6.45) is -2.98. The van der Waals surface area contributed by atoms with Crippen LogP contribution in [0.4, 0.5) is 13.2 Å². The van der Waals surface area contributed by atoms with Crippen molar-refractivity contribution in [2.75, 3.05) is 0 Å². The molecule has 86 valence electrons. The SMILES string of the molecule is Cc1cc(/C(N)=C/C(=N)C(F)(F)F)ncn1. The standard InChI is InChI=1S/C9H9F3N4/c1-5-2-7(16-4-15-5)6(13)3-8(14)9(10,11)12/h2-4,14H,13H2,1H3/b6-3-,14-8?. The molecule has 0 amide bonds. The highest BCUT2D eigenvalue weighted by atomic mass is 19.4. The number of nitrogens with one attached hydrogen (secondary N) is 1.